The van der Waals surface area contributed by atoms with Gasteiger partial charge >= 0.3 is 16.1 Å². The monoisotopic (exact) mass is 331 g/mol. The molecule has 8 nitrogen and oxygen atoms in total. The Kier molecular flexibility index (Phi) is 6.93. The Morgan fingerprint density at radius 3 is 2.59 bits per heavy atom. The van der Waals surface area contributed by atoms with Crippen LogP contribution in [-0.2, 0) is 30.3 Å². The molecule has 0 amide bonds. The first-order valence-electron chi connectivity index (χ1n) is 6.60. The van der Waals surface area contributed by atoms with E-state index in [0.717, 1.165) is 0 Å². The molecule has 22 heavy (non-hydrogen) atoms. The fraction of sp³-hybridized carbons (Fsp3) is 0.462. The molecule has 1 rings (SSSR count). The van der Waals surface area contributed by atoms with E-state index in [1.807, 2.05) is 0 Å². The second kappa shape index (κ2) is 8.44. The molecule has 0 atom stereocenters. The van der Waals surface area contributed by atoms with Crippen molar-refractivity contribution in [1.29, 1.82) is 0 Å². The van der Waals surface area contributed by atoms with Gasteiger partial charge in [0.05, 0.1) is 18.1 Å². The van der Waals surface area contributed by atoms with E-state index in [9.17, 15) is 23.3 Å². The third-order valence-electron chi connectivity index (χ3n) is 2.69. The van der Waals surface area contributed by atoms with Crippen molar-refractivity contribution in [2.45, 2.75) is 19.8 Å². The molecule has 0 aromatic heterocycles. The third kappa shape index (κ3) is 6.19. The van der Waals surface area contributed by atoms with Gasteiger partial charge in [0, 0.05) is 24.5 Å². The lowest BCUT2D eigenvalue weighted by atomic mass is 10.1. The molecule has 0 saturated heterocycles. The molecular weight excluding hydrogens is 314 g/mol. The van der Waals surface area contributed by atoms with Crippen molar-refractivity contribution >= 4 is 21.8 Å². The van der Waals surface area contributed by atoms with Crippen LogP contribution in [0.5, 0.6) is 0 Å². The van der Waals surface area contributed by atoms with Crippen LogP contribution >= 0.6 is 0 Å². The summed E-state index contributed by atoms with van der Waals surface area (Å²) in [6.07, 6.45) is 0.254. The number of ether oxygens (including phenoxy) is 1. The Labute approximate surface area is 128 Å². The number of benzene rings is 1. The number of rotatable bonds is 9. The van der Waals surface area contributed by atoms with E-state index in [0.29, 0.717) is 5.56 Å². The molecule has 0 N–H and O–H groups in total. The molecule has 0 aliphatic heterocycles. The van der Waals surface area contributed by atoms with Gasteiger partial charge in [0.2, 0.25) is 0 Å². The zero-order valence-electron chi connectivity index (χ0n) is 12.1. The van der Waals surface area contributed by atoms with Crippen LogP contribution in [0, 0.1) is 10.1 Å². The van der Waals surface area contributed by atoms with Gasteiger partial charge in [0.1, 0.15) is 5.75 Å². The molecule has 122 valence electrons. The van der Waals surface area contributed by atoms with E-state index in [2.05, 4.69) is 4.18 Å². The van der Waals surface area contributed by atoms with Crippen molar-refractivity contribution in [1.82, 2.24) is 0 Å². The summed E-state index contributed by atoms with van der Waals surface area (Å²) < 4.78 is 32.1. The second-order valence-electron chi connectivity index (χ2n) is 4.32. The third-order valence-corrected chi connectivity index (χ3v) is 3.80. The largest absolute Gasteiger partial charge is 0.380 e. The number of nitrogens with zero attached hydrogens (tertiary/aromatic N) is 1. The fourth-order valence-electron chi connectivity index (χ4n) is 1.59. The Morgan fingerprint density at radius 2 is 1.95 bits per heavy atom. The van der Waals surface area contributed by atoms with Gasteiger partial charge in [-0.3, -0.25) is 14.9 Å². The van der Waals surface area contributed by atoms with Crippen molar-refractivity contribution in [3.05, 3.63) is 39.9 Å². The van der Waals surface area contributed by atoms with Crippen LogP contribution in [0.25, 0.3) is 0 Å². The average Bonchev–Trinajstić information content (AvgIpc) is 2.46. The van der Waals surface area contributed by atoms with Crippen molar-refractivity contribution in [2.24, 2.45) is 0 Å². The Balaban J connectivity index is 2.38. The van der Waals surface area contributed by atoms with Crippen LogP contribution in [0.15, 0.2) is 24.3 Å². The smallest absolute Gasteiger partial charge is 0.321 e. The maximum Gasteiger partial charge on any atom is 0.321 e. The highest BCUT2D eigenvalue weighted by Crippen LogP contribution is 2.17. The van der Waals surface area contributed by atoms with Gasteiger partial charge in [-0.2, -0.15) is 8.42 Å². The van der Waals surface area contributed by atoms with Crippen molar-refractivity contribution < 1.29 is 27.1 Å². The minimum Gasteiger partial charge on any atom is -0.380 e. The Bertz CT molecular complexity index is 627. The van der Waals surface area contributed by atoms with Gasteiger partial charge in [-0.1, -0.05) is 25.1 Å². The molecular formula is C13H17NO7S. The number of hydrogen-bond acceptors (Lipinski definition) is 7. The number of carbonyl (C=O) groups excluding carboxylic acids is 1. The molecule has 0 saturated carbocycles. The molecule has 0 heterocycles. The summed E-state index contributed by atoms with van der Waals surface area (Å²) in [5, 5.41) is 10.8. The molecule has 9 heteroatoms. The van der Waals surface area contributed by atoms with Gasteiger partial charge in [0.15, 0.2) is 0 Å². The van der Waals surface area contributed by atoms with Crippen LogP contribution in [0.1, 0.15) is 18.9 Å². The molecule has 0 unspecified atom stereocenters. The molecule has 0 spiro atoms. The first-order valence-corrected chi connectivity index (χ1v) is 8.18. The van der Waals surface area contributed by atoms with Crippen LogP contribution in [0.3, 0.4) is 0 Å². The molecule has 0 bridgehead atoms. The topological polar surface area (TPSA) is 113 Å². The summed E-state index contributed by atoms with van der Waals surface area (Å²) in [6, 6.07) is 6.25. The number of nitro benzene ring substituents is 1. The molecule has 0 aliphatic rings. The molecule has 0 radical (unpaired) electrons. The maximum absolute atomic E-state index is 11.4. The van der Waals surface area contributed by atoms with Gasteiger partial charge in [-0.05, 0) is 0 Å². The lowest BCUT2D eigenvalue weighted by Crippen LogP contribution is -2.19. The zero-order valence-corrected chi connectivity index (χ0v) is 12.9. The first-order chi connectivity index (χ1) is 10.4. The van der Waals surface area contributed by atoms with Crippen molar-refractivity contribution in [3.8, 4) is 0 Å². The normalized spacial score (nSPS) is 11.1. The number of nitro groups is 1. The van der Waals surface area contributed by atoms with Crippen LogP contribution in [0.4, 0.5) is 5.69 Å². The average molecular weight is 331 g/mol. The van der Waals surface area contributed by atoms with Crippen LogP contribution < -0.4 is 0 Å². The Hall–Kier alpha value is -2.00. The van der Waals surface area contributed by atoms with Crippen molar-refractivity contribution in [2.75, 3.05) is 19.0 Å². The van der Waals surface area contributed by atoms with Gasteiger partial charge in [0.25, 0.3) is 5.69 Å². The summed E-state index contributed by atoms with van der Waals surface area (Å²) >= 11 is 0. The van der Waals surface area contributed by atoms with E-state index in [1.54, 1.807) is 18.2 Å². The molecule has 0 aliphatic carbocycles. The van der Waals surface area contributed by atoms with E-state index < -0.39 is 26.8 Å². The minimum atomic E-state index is -3.94. The Morgan fingerprint density at radius 1 is 1.27 bits per heavy atom. The van der Waals surface area contributed by atoms with E-state index >= 15 is 0 Å². The van der Waals surface area contributed by atoms with Crippen molar-refractivity contribution in [3.63, 3.8) is 0 Å². The molecule has 1 aromatic carbocycles. The highest BCUT2D eigenvalue weighted by atomic mass is 32.2. The number of hydrogen-bond donors (Lipinski definition) is 0. The molecule has 1 aromatic rings. The molecule has 0 fully saturated rings. The number of carbonyl (C=O) groups is 1. The van der Waals surface area contributed by atoms with Crippen LogP contribution in [0.2, 0.25) is 0 Å². The van der Waals surface area contributed by atoms with Gasteiger partial charge in [-0.25, -0.2) is 0 Å². The summed E-state index contributed by atoms with van der Waals surface area (Å²) in [6.45, 7) is 1.46. The summed E-state index contributed by atoms with van der Waals surface area (Å²) in [5.74, 6) is -1.27. The minimum absolute atomic E-state index is 0.00408. The summed E-state index contributed by atoms with van der Waals surface area (Å²) in [5.41, 5.74) is 0.503. The first kappa shape index (κ1) is 18.1. The fourth-order valence-corrected chi connectivity index (χ4v) is 2.39. The zero-order chi connectivity index (χ0) is 16.6. The van der Waals surface area contributed by atoms with E-state index in [4.69, 9.17) is 4.74 Å². The van der Waals surface area contributed by atoms with Gasteiger partial charge in [-0.15, -0.1) is 0 Å². The summed E-state index contributed by atoms with van der Waals surface area (Å²) in [4.78, 5) is 21.2. The second-order valence-corrected chi connectivity index (χ2v) is 6.01. The van der Waals surface area contributed by atoms with E-state index in [1.165, 1.54) is 13.0 Å². The standard InChI is InChI=1S/C13H17NO7S/c1-2-13(15)21-22(18,19)10-9-20-8-7-11-5-3-4-6-12(11)14(16)17/h3-6H,2,7-10H2,1H3. The highest BCUT2D eigenvalue weighted by Gasteiger charge is 2.16. The van der Waals surface area contributed by atoms with E-state index in [-0.39, 0.29) is 31.7 Å². The predicted molar refractivity (Wildman–Crippen MR) is 77.8 cm³/mol. The predicted octanol–water partition coefficient (Wildman–Crippen LogP) is 1.44. The SMILES string of the molecule is CCC(=O)OS(=O)(=O)CCOCCc1ccccc1[N+](=O)[O-]. The number of para-hydroxylation sites is 1. The lowest BCUT2D eigenvalue weighted by molar-refractivity contribution is -0.385. The maximum atomic E-state index is 11.4. The van der Waals surface area contributed by atoms with Crippen LogP contribution in [-0.4, -0.2) is 38.3 Å². The lowest BCUT2D eigenvalue weighted by Gasteiger charge is -2.06. The van der Waals surface area contributed by atoms with Gasteiger partial charge < -0.3 is 8.92 Å². The summed E-state index contributed by atoms with van der Waals surface area (Å²) in [7, 11) is -3.94. The highest BCUT2D eigenvalue weighted by molar-refractivity contribution is 7.87. The quantitative estimate of drug-likeness (QED) is 0.291.